The number of hydrogen-bond donors (Lipinski definition) is 1. The van der Waals surface area contributed by atoms with Gasteiger partial charge in [0, 0.05) is 17.4 Å². The topological polar surface area (TPSA) is 60.9 Å². The molecule has 0 atom stereocenters. The summed E-state index contributed by atoms with van der Waals surface area (Å²) in [6.45, 7) is 1.33. The van der Waals surface area contributed by atoms with E-state index < -0.39 is 11.9 Å². The molecular weight excluding hydrogens is 259 g/mol. The van der Waals surface area contributed by atoms with Crippen molar-refractivity contribution < 1.29 is 18.0 Å². The number of aromatic nitrogens is 2. The molecule has 0 unspecified atom stereocenters. The summed E-state index contributed by atoms with van der Waals surface area (Å²) in [5.41, 5.74) is 5.49. The summed E-state index contributed by atoms with van der Waals surface area (Å²) in [5.74, 6) is -0.262. The van der Waals surface area contributed by atoms with Crippen LogP contribution in [-0.2, 0) is 6.18 Å². The van der Waals surface area contributed by atoms with Gasteiger partial charge < -0.3 is 5.73 Å². The smallest absolute Gasteiger partial charge is 0.398 e. The van der Waals surface area contributed by atoms with E-state index in [4.69, 9.17) is 5.73 Å². The van der Waals surface area contributed by atoms with E-state index in [9.17, 15) is 18.0 Å². The molecular formula is C12H10F3N3O. The van der Waals surface area contributed by atoms with Gasteiger partial charge in [-0.25, -0.2) is 4.68 Å². The number of benzene rings is 1. The van der Waals surface area contributed by atoms with Crippen LogP contribution in [0.15, 0.2) is 30.5 Å². The quantitative estimate of drug-likeness (QED) is 0.673. The van der Waals surface area contributed by atoms with Crippen LogP contribution < -0.4 is 5.73 Å². The fourth-order valence-corrected chi connectivity index (χ4v) is 1.61. The molecule has 100 valence electrons. The van der Waals surface area contributed by atoms with Crippen molar-refractivity contribution in [2.45, 2.75) is 13.1 Å². The number of nitrogen functional groups attached to an aromatic ring is 1. The van der Waals surface area contributed by atoms with Crippen LogP contribution in [0.4, 0.5) is 18.9 Å². The van der Waals surface area contributed by atoms with Gasteiger partial charge in [0.25, 0.3) is 0 Å². The molecule has 0 bridgehead atoms. The van der Waals surface area contributed by atoms with Gasteiger partial charge in [0.1, 0.15) is 0 Å². The van der Waals surface area contributed by atoms with Gasteiger partial charge in [0.2, 0.25) is 0 Å². The molecule has 0 amide bonds. The number of rotatable bonds is 2. The molecule has 0 spiro atoms. The van der Waals surface area contributed by atoms with Crippen LogP contribution in [0.1, 0.15) is 23.0 Å². The minimum atomic E-state index is -4.50. The second kappa shape index (κ2) is 4.42. The van der Waals surface area contributed by atoms with E-state index in [0.29, 0.717) is 5.69 Å². The van der Waals surface area contributed by atoms with Gasteiger partial charge in [-0.15, -0.1) is 0 Å². The van der Waals surface area contributed by atoms with Crippen molar-refractivity contribution in [2.75, 3.05) is 5.73 Å². The third-order valence-corrected chi connectivity index (χ3v) is 2.56. The minimum Gasteiger partial charge on any atom is -0.398 e. The first-order chi connectivity index (χ1) is 8.79. The normalized spacial score (nSPS) is 11.6. The van der Waals surface area contributed by atoms with Crippen LogP contribution in [-0.4, -0.2) is 15.6 Å². The lowest BCUT2D eigenvalue weighted by Crippen LogP contribution is -2.08. The molecule has 1 aromatic carbocycles. The highest BCUT2D eigenvalue weighted by molar-refractivity contribution is 5.99. The zero-order chi connectivity index (χ0) is 14.2. The molecule has 0 fully saturated rings. The SMILES string of the molecule is CC(=O)c1cc(-n2ccc(C(F)(F)F)n2)ccc1N. The molecule has 2 rings (SSSR count). The van der Waals surface area contributed by atoms with Gasteiger partial charge in [-0.05, 0) is 31.2 Å². The van der Waals surface area contributed by atoms with Crippen LogP contribution in [0.2, 0.25) is 0 Å². The molecule has 2 aromatic rings. The number of ketones is 1. The number of halogens is 3. The second-order valence-corrected chi connectivity index (χ2v) is 3.97. The van der Waals surface area contributed by atoms with Crippen molar-refractivity contribution in [1.29, 1.82) is 0 Å². The number of anilines is 1. The Hall–Kier alpha value is -2.31. The van der Waals surface area contributed by atoms with Crippen LogP contribution in [0, 0.1) is 0 Å². The fraction of sp³-hybridized carbons (Fsp3) is 0.167. The number of alkyl halides is 3. The molecule has 4 nitrogen and oxygen atoms in total. The maximum Gasteiger partial charge on any atom is 0.435 e. The highest BCUT2D eigenvalue weighted by atomic mass is 19.4. The Morgan fingerprint density at radius 3 is 2.53 bits per heavy atom. The molecule has 19 heavy (non-hydrogen) atoms. The molecule has 7 heteroatoms. The molecule has 0 saturated carbocycles. The lowest BCUT2D eigenvalue weighted by atomic mass is 10.1. The van der Waals surface area contributed by atoms with Gasteiger partial charge in [-0.1, -0.05) is 0 Å². The lowest BCUT2D eigenvalue weighted by Gasteiger charge is -2.06. The van der Waals surface area contributed by atoms with Crippen LogP contribution in [0.3, 0.4) is 0 Å². The maximum atomic E-state index is 12.4. The Balaban J connectivity index is 2.45. The summed E-state index contributed by atoms with van der Waals surface area (Å²) in [6, 6.07) is 5.23. The van der Waals surface area contributed by atoms with Crippen molar-refractivity contribution in [3.05, 3.63) is 41.7 Å². The van der Waals surface area contributed by atoms with Gasteiger partial charge in [0.05, 0.1) is 5.69 Å². The number of Topliss-reactive ketones (excluding diaryl/α,β-unsaturated/α-hetero) is 1. The number of hydrogen-bond acceptors (Lipinski definition) is 3. The van der Waals surface area contributed by atoms with Crippen LogP contribution >= 0.6 is 0 Å². The summed E-state index contributed by atoms with van der Waals surface area (Å²) in [6.07, 6.45) is -3.32. The molecule has 0 aliphatic heterocycles. The van der Waals surface area contributed by atoms with E-state index in [2.05, 4.69) is 5.10 Å². The Bertz CT molecular complexity index is 631. The molecule has 1 heterocycles. The third kappa shape index (κ3) is 2.59. The predicted octanol–water partition coefficient (Wildman–Crippen LogP) is 2.68. The van der Waals surface area contributed by atoms with Crippen molar-refractivity contribution in [3.8, 4) is 5.69 Å². The molecule has 0 saturated heterocycles. The Kier molecular flexibility index (Phi) is 3.05. The van der Waals surface area contributed by atoms with Gasteiger partial charge in [-0.2, -0.15) is 18.3 Å². The fourth-order valence-electron chi connectivity index (χ4n) is 1.61. The first-order valence-corrected chi connectivity index (χ1v) is 5.33. The monoisotopic (exact) mass is 269 g/mol. The van der Waals surface area contributed by atoms with E-state index in [0.717, 1.165) is 10.7 Å². The molecule has 1 aromatic heterocycles. The van der Waals surface area contributed by atoms with Crippen LogP contribution in [0.5, 0.6) is 0 Å². The highest BCUT2D eigenvalue weighted by Crippen LogP contribution is 2.28. The maximum absolute atomic E-state index is 12.4. The summed E-state index contributed by atoms with van der Waals surface area (Å²) in [7, 11) is 0. The second-order valence-electron chi connectivity index (χ2n) is 3.97. The van der Waals surface area contributed by atoms with Crippen molar-refractivity contribution >= 4 is 11.5 Å². The Labute approximate surface area is 106 Å². The Morgan fingerprint density at radius 2 is 2.00 bits per heavy atom. The predicted molar refractivity (Wildman–Crippen MR) is 63.0 cm³/mol. The zero-order valence-electron chi connectivity index (χ0n) is 9.90. The molecule has 0 aliphatic carbocycles. The average molecular weight is 269 g/mol. The zero-order valence-corrected chi connectivity index (χ0v) is 9.90. The van der Waals surface area contributed by atoms with E-state index in [1.807, 2.05) is 0 Å². The highest BCUT2D eigenvalue weighted by Gasteiger charge is 2.33. The Morgan fingerprint density at radius 1 is 1.32 bits per heavy atom. The van der Waals surface area contributed by atoms with E-state index in [1.54, 1.807) is 0 Å². The number of nitrogens with zero attached hydrogens (tertiary/aromatic N) is 2. The summed E-state index contributed by atoms with van der Waals surface area (Å²) >= 11 is 0. The first-order valence-electron chi connectivity index (χ1n) is 5.33. The number of carbonyl (C=O) groups is 1. The van der Waals surface area contributed by atoms with Gasteiger partial charge >= 0.3 is 6.18 Å². The summed E-state index contributed by atoms with van der Waals surface area (Å²) < 4.78 is 38.4. The molecule has 2 N–H and O–H groups in total. The average Bonchev–Trinajstić information content (AvgIpc) is 2.78. The van der Waals surface area contributed by atoms with Crippen LogP contribution in [0.25, 0.3) is 5.69 Å². The lowest BCUT2D eigenvalue weighted by molar-refractivity contribution is -0.141. The van der Waals surface area contributed by atoms with E-state index in [-0.39, 0.29) is 17.0 Å². The van der Waals surface area contributed by atoms with Gasteiger partial charge in [0.15, 0.2) is 11.5 Å². The van der Waals surface area contributed by atoms with E-state index >= 15 is 0 Å². The van der Waals surface area contributed by atoms with Crippen molar-refractivity contribution in [1.82, 2.24) is 9.78 Å². The summed E-state index contributed by atoms with van der Waals surface area (Å²) in [4.78, 5) is 11.3. The largest absolute Gasteiger partial charge is 0.435 e. The first kappa shape index (κ1) is 13.1. The summed E-state index contributed by atoms with van der Waals surface area (Å²) in [5, 5.41) is 3.42. The molecule has 0 aliphatic rings. The molecule has 0 radical (unpaired) electrons. The third-order valence-electron chi connectivity index (χ3n) is 2.56. The standard InChI is InChI=1S/C12H10F3N3O/c1-7(19)9-6-8(2-3-10(9)16)18-5-4-11(17-18)12(13,14)15/h2-6H,16H2,1H3. The van der Waals surface area contributed by atoms with Gasteiger partial charge in [-0.3, -0.25) is 4.79 Å². The van der Waals surface area contributed by atoms with Crippen molar-refractivity contribution in [3.63, 3.8) is 0 Å². The minimum absolute atomic E-state index is 0.251. The number of carbonyl (C=O) groups excluding carboxylic acids is 1. The van der Waals surface area contributed by atoms with Crippen molar-refractivity contribution in [2.24, 2.45) is 0 Å². The van der Waals surface area contributed by atoms with E-state index in [1.165, 1.54) is 31.3 Å². The number of nitrogens with two attached hydrogens (primary N) is 1.